The molecule has 0 aliphatic carbocycles. The number of ether oxygens (including phenoxy) is 1. The maximum atomic E-state index is 14.1. The number of rotatable bonds is 3. The van der Waals surface area contributed by atoms with Crippen molar-refractivity contribution in [2.45, 2.75) is 32.5 Å². The fraction of sp³-hybridized carbons (Fsp3) is 0.240. The molecule has 12 heteroatoms. The molecule has 5 rings (SSSR count). The number of hydrogen-bond donors (Lipinski definition) is 3. The number of alkyl halides is 3. The summed E-state index contributed by atoms with van der Waals surface area (Å²) in [4.78, 5) is 14.6. The summed E-state index contributed by atoms with van der Waals surface area (Å²) in [6, 6.07) is 6.28. The molecule has 0 radical (unpaired) electrons. The van der Waals surface area contributed by atoms with Gasteiger partial charge in [0.15, 0.2) is 0 Å². The Hall–Kier alpha value is -3.99. The summed E-state index contributed by atoms with van der Waals surface area (Å²) in [5.41, 5.74) is 10.7. The van der Waals surface area contributed by atoms with E-state index in [1.54, 1.807) is 18.5 Å². The van der Waals surface area contributed by atoms with Crippen molar-refractivity contribution in [1.29, 1.82) is 0 Å². The highest BCUT2D eigenvalue weighted by Gasteiger charge is 2.38. The topological polar surface area (TPSA) is 115 Å². The number of anilines is 2. The average molecular weight is 530 g/mol. The van der Waals surface area contributed by atoms with E-state index in [1.807, 2.05) is 24.8 Å². The smallest absolute Gasteiger partial charge is 0.418 e. The maximum Gasteiger partial charge on any atom is 0.418 e. The Kier molecular flexibility index (Phi) is 5.70. The number of benzene rings is 1. The summed E-state index contributed by atoms with van der Waals surface area (Å²) < 4.78 is 48.1. The zero-order chi connectivity index (χ0) is 26.7. The van der Waals surface area contributed by atoms with Gasteiger partial charge in [-0.3, -0.25) is 4.99 Å². The van der Waals surface area contributed by atoms with Gasteiger partial charge in [0, 0.05) is 23.5 Å². The first kappa shape index (κ1) is 24.7. The number of hydrogen-bond acceptors (Lipinski definition) is 8. The van der Waals surface area contributed by atoms with Crippen molar-refractivity contribution in [2.75, 3.05) is 18.1 Å². The number of pyridine rings is 2. The second-order valence-electron chi connectivity index (χ2n) is 9.16. The molecule has 2 aromatic heterocycles. The third kappa shape index (κ3) is 3.99. The van der Waals surface area contributed by atoms with Gasteiger partial charge in [-0.1, -0.05) is 17.7 Å². The number of aromatic nitrogens is 2. The Bertz CT molecular complexity index is 1580. The monoisotopic (exact) mass is 529 g/mol. The Balaban J connectivity index is 1.80. The van der Waals surface area contributed by atoms with Gasteiger partial charge in [-0.15, -0.1) is 0 Å². The van der Waals surface area contributed by atoms with Gasteiger partial charge in [-0.2, -0.15) is 13.2 Å². The molecular formula is C25H23ClF3N7O. The molecular weight excluding hydrogens is 507 g/mol. The lowest BCUT2D eigenvalue weighted by Gasteiger charge is -2.40. The summed E-state index contributed by atoms with van der Waals surface area (Å²) in [7, 11) is 0. The molecule has 2 aliphatic heterocycles. The van der Waals surface area contributed by atoms with E-state index in [0.29, 0.717) is 16.9 Å². The van der Waals surface area contributed by atoms with Gasteiger partial charge in [0.25, 0.3) is 0 Å². The largest absolute Gasteiger partial charge is 0.463 e. The molecule has 5 N–H and O–H groups in total. The van der Waals surface area contributed by atoms with Crippen LogP contribution < -0.4 is 32.1 Å². The van der Waals surface area contributed by atoms with Crippen LogP contribution in [0.15, 0.2) is 47.9 Å². The van der Waals surface area contributed by atoms with Crippen LogP contribution in [0.5, 0.6) is 5.75 Å². The Labute approximate surface area is 215 Å². The van der Waals surface area contributed by atoms with Crippen molar-refractivity contribution in [3.05, 3.63) is 75.2 Å². The molecule has 0 unspecified atom stereocenters. The van der Waals surface area contributed by atoms with Crippen LogP contribution in [0, 0.1) is 6.92 Å². The molecule has 4 heterocycles. The molecule has 0 amide bonds. The fourth-order valence-corrected chi connectivity index (χ4v) is 5.07. The molecule has 3 aromatic rings. The van der Waals surface area contributed by atoms with Crippen LogP contribution in [0.4, 0.5) is 24.8 Å². The number of aryl methyl sites for hydroxylation is 1. The zero-order valence-corrected chi connectivity index (χ0v) is 20.9. The maximum absolute atomic E-state index is 14.1. The number of halogens is 4. The Morgan fingerprint density at radius 3 is 2.65 bits per heavy atom. The molecule has 0 saturated heterocycles. The predicted molar refractivity (Wildman–Crippen MR) is 134 cm³/mol. The van der Waals surface area contributed by atoms with E-state index in [9.17, 15) is 13.2 Å². The van der Waals surface area contributed by atoms with E-state index in [1.165, 1.54) is 25.3 Å². The molecule has 0 bridgehead atoms. The van der Waals surface area contributed by atoms with Crippen LogP contribution >= 0.6 is 11.6 Å². The minimum absolute atomic E-state index is 0.00453. The highest BCUT2D eigenvalue weighted by Crippen LogP contribution is 2.41. The summed E-state index contributed by atoms with van der Waals surface area (Å²) >= 11 is 6.76. The Morgan fingerprint density at radius 2 is 1.95 bits per heavy atom. The first-order chi connectivity index (χ1) is 17.4. The van der Waals surface area contributed by atoms with E-state index in [4.69, 9.17) is 27.8 Å². The van der Waals surface area contributed by atoms with Crippen molar-refractivity contribution in [3.8, 4) is 17.0 Å². The molecule has 0 saturated carbocycles. The molecule has 8 nitrogen and oxygen atoms in total. The van der Waals surface area contributed by atoms with Gasteiger partial charge in [0.1, 0.15) is 36.1 Å². The predicted octanol–water partition coefficient (Wildman–Crippen LogP) is 3.64. The third-order valence-corrected chi connectivity index (χ3v) is 6.83. The lowest BCUT2D eigenvalue weighted by molar-refractivity contribution is -0.137. The van der Waals surface area contributed by atoms with Gasteiger partial charge >= 0.3 is 6.18 Å². The van der Waals surface area contributed by atoms with Crippen molar-refractivity contribution in [3.63, 3.8) is 0 Å². The summed E-state index contributed by atoms with van der Waals surface area (Å²) in [5.74, 6) is 1.16. The number of nitrogens with zero attached hydrogens (tertiary/aromatic N) is 4. The minimum Gasteiger partial charge on any atom is -0.463 e. The lowest BCUT2D eigenvalue weighted by Crippen LogP contribution is -2.49. The first-order valence-electron chi connectivity index (χ1n) is 11.2. The third-order valence-electron chi connectivity index (χ3n) is 6.44. The molecule has 0 spiro atoms. The van der Waals surface area contributed by atoms with E-state index >= 15 is 0 Å². The van der Waals surface area contributed by atoms with E-state index in [2.05, 4.69) is 20.3 Å². The first-order valence-corrected chi connectivity index (χ1v) is 11.6. The number of nitrogens with two attached hydrogens (primary N) is 2. The van der Waals surface area contributed by atoms with Crippen LogP contribution in [-0.4, -0.2) is 21.5 Å². The molecule has 0 fully saturated rings. The molecule has 37 heavy (non-hydrogen) atoms. The highest BCUT2D eigenvalue weighted by atomic mass is 35.5. The second-order valence-corrected chi connectivity index (χ2v) is 9.53. The fourth-order valence-electron chi connectivity index (χ4n) is 4.77. The van der Waals surface area contributed by atoms with E-state index in [-0.39, 0.29) is 45.4 Å². The van der Waals surface area contributed by atoms with Crippen LogP contribution in [0.3, 0.4) is 0 Å². The quantitative estimate of drug-likeness (QED) is 0.474. The van der Waals surface area contributed by atoms with E-state index in [0.717, 1.165) is 5.56 Å². The molecule has 2 aliphatic rings. The van der Waals surface area contributed by atoms with Gasteiger partial charge in [-0.25, -0.2) is 9.97 Å². The van der Waals surface area contributed by atoms with Crippen LogP contribution in [-0.2, 0) is 11.7 Å². The van der Waals surface area contributed by atoms with Crippen molar-refractivity contribution >= 4 is 29.1 Å². The molecule has 0 atom stereocenters. The van der Waals surface area contributed by atoms with Gasteiger partial charge in [-0.05, 0) is 44.5 Å². The van der Waals surface area contributed by atoms with Crippen molar-refractivity contribution in [2.24, 2.45) is 4.99 Å². The van der Waals surface area contributed by atoms with Crippen LogP contribution in [0.1, 0.15) is 30.5 Å². The van der Waals surface area contributed by atoms with E-state index < -0.39 is 17.3 Å². The van der Waals surface area contributed by atoms with Crippen molar-refractivity contribution < 1.29 is 17.9 Å². The van der Waals surface area contributed by atoms with Gasteiger partial charge < -0.3 is 26.4 Å². The number of nitrogens with one attached hydrogen (secondary N) is 1. The standard InChI is InChI=1S/C25H23ClF3N7O/c1-12-9-16(30)35-20(18(12)25(27,28)29)13-10-15-17-21(19(13)26)33-11-34-23(17)36(7-8-37-15)24(2,3)14-5-4-6-32-22(14)31/h4-10,34H,11H2,1-3H3,(H2,30,35)(H2,31,32). The summed E-state index contributed by atoms with van der Waals surface area (Å²) in [6.07, 6.45) is 0.0741. The van der Waals surface area contributed by atoms with Crippen LogP contribution in [0.25, 0.3) is 17.1 Å². The van der Waals surface area contributed by atoms with Gasteiger partial charge in [0.2, 0.25) is 0 Å². The lowest BCUT2D eigenvalue weighted by atomic mass is 9.92. The van der Waals surface area contributed by atoms with Crippen LogP contribution in [0.2, 0.25) is 5.02 Å². The summed E-state index contributed by atoms with van der Waals surface area (Å²) in [5, 5.41) is 4.03. The minimum atomic E-state index is -4.69. The molecule has 1 aromatic carbocycles. The van der Waals surface area contributed by atoms with Crippen molar-refractivity contribution in [1.82, 2.24) is 20.2 Å². The van der Waals surface area contributed by atoms with Gasteiger partial charge in [0.05, 0.1) is 32.4 Å². The summed E-state index contributed by atoms with van der Waals surface area (Å²) in [6.45, 7) is 5.38. The number of nitrogen functional groups attached to an aromatic ring is 2. The average Bonchev–Trinajstić information content (AvgIpc) is 3.00. The SMILES string of the molecule is Cc1cc(N)nc(-c2cc3c4c(c2Cl)=NCNC=4N(C(C)(C)c2cccnc2N)C=CO3)c1C(F)(F)F. The highest BCUT2D eigenvalue weighted by molar-refractivity contribution is 6.33. The Morgan fingerprint density at radius 1 is 1.19 bits per heavy atom. The molecule has 192 valence electrons. The second kappa shape index (κ2) is 8.55. The normalized spacial score (nSPS) is 14.9. The zero-order valence-electron chi connectivity index (χ0n) is 20.1.